The van der Waals surface area contributed by atoms with Crippen LogP contribution in [0.3, 0.4) is 0 Å². The van der Waals surface area contributed by atoms with Crippen LogP contribution in [0.2, 0.25) is 0 Å². The van der Waals surface area contributed by atoms with Crippen LogP contribution in [-0.2, 0) is 4.79 Å². The van der Waals surface area contributed by atoms with Gasteiger partial charge in [0.05, 0.1) is 12.6 Å². The summed E-state index contributed by atoms with van der Waals surface area (Å²) in [5.74, 6) is 0.460. The molecule has 0 spiro atoms. The highest BCUT2D eigenvalue weighted by molar-refractivity contribution is 5.78. The number of carbonyl (C=O) groups excluding carboxylic acids is 1. The third-order valence-electron chi connectivity index (χ3n) is 3.78. The van der Waals surface area contributed by atoms with Crippen LogP contribution in [0.5, 0.6) is 0 Å². The average molecular weight is 348 g/mol. The molecule has 0 fully saturated rings. The number of amides is 1. The fraction of sp³-hybridized carbons (Fsp3) is 0.500. The lowest BCUT2D eigenvalue weighted by Crippen LogP contribution is -2.45. The molecular weight excluding hydrogens is 323 g/mol. The van der Waals surface area contributed by atoms with Crippen LogP contribution in [0.4, 0.5) is 4.39 Å². The zero-order valence-electron chi connectivity index (χ0n) is 15.6. The van der Waals surface area contributed by atoms with Crippen LogP contribution in [0.15, 0.2) is 22.7 Å². The molecule has 25 heavy (non-hydrogen) atoms. The van der Waals surface area contributed by atoms with Crippen LogP contribution in [-0.4, -0.2) is 40.1 Å². The molecule has 1 amide bonds. The molecule has 0 aliphatic rings. The third kappa shape index (κ3) is 5.09. The molecule has 1 aromatic heterocycles. The van der Waals surface area contributed by atoms with E-state index in [1.54, 1.807) is 19.1 Å². The number of hydrogen-bond acceptors (Lipinski definition) is 5. The number of carbonyl (C=O) groups is 1. The Balaban J connectivity index is 2.07. The summed E-state index contributed by atoms with van der Waals surface area (Å²) in [4.78, 5) is 18.3. The molecule has 0 bridgehead atoms. The number of aryl methyl sites for hydroxylation is 1. The van der Waals surface area contributed by atoms with Gasteiger partial charge in [0.1, 0.15) is 5.82 Å². The standard InChI is InChI=1S/C18H25FN4O2/c1-11-9-13(7-8-14(11)19)16-20-17(25-22-16)12(2)23(6)10-15(24)21-18(3,4)5/h7-9,12H,10H2,1-6H3,(H,21,24). The van der Waals surface area contributed by atoms with Crippen molar-refractivity contribution < 1.29 is 13.7 Å². The van der Waals surface area contributed by atoms with E-state index in [0.717, 1.165) is 0 Å². The molecular formula is C18H25FN4O2. The van der Waals surface area contributed by atoms with Gasteiger partial charge in [-0.15, -0.1) is 0 Å². The molecule has 1 aromatic carbocycles. The fourth-order valence-corrected chi connectivity index (χ4v) is 2.32. The van der Waals surface area contributed by atoms with E-state index in [-0.39, 0.29) is 29.8 Å². The van der Waals surface area contributed by atoms with E-state index in [1.807, 2.05) is 39.6 Å². The van der Waals surface area contributed by atoms with E-state index < -0.39 is 0 Å². The van der Waals surface area contributed by atoms with Crippen molar-refractivity contribution in [1.82, 2.24) is 20.4 Å². The lowest BCUT2D eigenvalue weighted by molar-refractivity contribution is -0.123. The summed E-state index contributed by atoms with van der Waals surface area (Å²) in [5.41, 5.74) is 0.932. The van der Waals surface area contributed by atoms with Gasteiger partial charge in [-0.25, -0.2) is 4.39 Å². The number of likely N-dealkylation sites (N-methyl/N-ethyl adjacent to an activating group) is 1. The molecule has 2 rings (SSSR count). The highest BCUT2D eigenvalue weighted by Gasteiger charge is 2.23. The Hall–Kier alpha value is -2.28. The second kappa shape index (κ2) is 7.31. The smallest absolute Gasteiger partial charge is 0.244 e. The van der Waals surface area contributed by atoms with E-state index in [0.29, 0.717) is 22.8 Å². The zero-order valence-corrected chi connectivity index (χ0v) is 15.6. The third-order valence-corrected chi connectivity index (χ3v) is 3.78. The molecule has 7 heteroatoms. The molecule has 0 saturated carbocycles. The van der Waals surface area contributed by atoms with Gasteiger partial charge in [0, 0.05) is 11.1 Å². The predicted molar refractivity (Wildman–Crippen MR) is 93.4 cm³/mol. The summed E-state index contributed by atoms with van der Waals surface area (Å²) < 4.78 is 18.7. The molecule has 136 valence electrons. The van der Waals surface area contributed by atoms with Crippen molar-refractivity contribution in [3.05, 3.63) is 35.5 Å². The van der Waals surface area contributed by atoms with Gasteiger partial charge in [0.25, 0.3) is 0 Å². The van der Waals surface area contributed by atoms with Crippen molar-refractivity contribution in [2.24, 2.45) is 0 Å². The predicted octanol–water partition coefficient (Wildman–Crippen LogP) is 3.09. The zero-order chi connectivity index (χ0) is 18.8. The second-order valence-electron chi connectivity index (χ2n) is 7.31. The lowest BCUT2D eigenvalue weighted by Gasteiger charge is -2.25. The molecule has 0 saturated heterocycles. The summed E-state index contributed by atoms with van der Waals surface area (Å²) in [7, 11) is 1.82. The minimum absolute atomic E-state index is 0.0734. The molecule has 0 aliphatic carbocycles. The minimum Gasteiger partial charge on any atom is -0.350 e. The average Bonchev–Trinajstić information content (AvgIpc) is 2.97. The van der Waals surface area contributed by atoms with Gasteiger partial charge < -0.3 is 9.84 Å². The van der Waals surface area contributed by atoms with Crippen molar-refractivity contribution in [3.8, 4) is 11.4 Å². The van der Waals surface area contributed by atoms with Crippen LogP contribution in [0.25, 0.3) is 11.4 Å². The van der Waals surface area contributed by atoms with Gasteiger partial charge in [-0.1, -0.05) is 5.16 Å². The van der Waals surface area contributed by atoms with Crippen molar-refractivity contribution in [2.45, 2.75) is 46.2 Å². The first-order valence-electron chi connectivity index (χ1n) is 8.18. The Kier molecular flexibility index (Phi) is 5.57. The van der Waals surface area contributed by atoms with Gasteiger partial charge in [0.2, 0.25) is 17.6 Å². The Labute approximate surface area is 147 Å². The van der Waals surface area contributed by atoms with Crippen molar-refractivity contribution >= 4 is 5.91 Å². The molecule has 1 unspecified atom stereocenters. The van der Waals surface area contributed by atoms with Crippen LogP contribution in [0, 0.1) is 12.7 Å². The first-order valence-corrected chi connectivity index (χ1v) is 8.18. The van der Waals surface area contributed by atoms with Crippen molar-refractivity contribution in [1.29, 1.82) is 0 Å². The van der Waals surface area contributed by atoms with Gasteiger partial charge in [-0.3, -0.25) is 9.69 Å². The maximum Gasteiger partial charge on any atom is 0.244 e. The van der Waals surface area contributed by atoms with E-state index in [2.05, 4.69) is 15.5 Å². The molecule has 1 N–H and O–H groups in total. The summed E-state index contributed by atoms with van der Waals surface area (Å²) in [5, 5.41) is 6.88. The highest BCUT2D eigenvalue weighted by atomic mass is 19.1. The number of rotatable bonds is 5. The number of hydrogen-bond donors (Lipinski definition) is 1. The first kappa shape index (κ1) is 19.1. The molecule has 1 heterocycles. The maximum absolute atomic E-state index is 13.4. The number of halogens is 1. The van der Waals surface area contributed by atoms with Crippen molar-refractivity contribution in [2.75, 3.05) is 13.6 Å². The molecule has 0 radical (unpaired) electrons. The Bertz CT molecular complexity index is 752. The van der Waals surface area contributed by atoms with Crippen LogP contribution in [0.1, 0.15) is 45.2 Å². The minimum atomic E-state index is -0.279. The number of benzene rings is 1. The topological polar surface area (TPSA) is 71.3 Å². The molecule has 2 aromatic rings. The number of nitrogens with zero attached hydrogens (tertiary/aromatic N) is 3. The lowest BCUT2D eigenvalue weighted by atomic mass is 10.1. The maximum atomic E-state index is 13.4. The summed E-state index contributed by atoms with van der Waals surface area (Å²) in [6.45, 7) is 9.59. The molecule has 6 nitrogen and oxygen atoms in total. The van der Waals surface area contributed by atoms with E-state index in [1.165, 1.54) is 6.07 Å². The molecule has 1 atom stereocenters. The highest BCUT2D eigenvalue weighted by Crippen LogP contribution is 2.23. The quantitative estimate of drug-likeness (QED) is 0.899. The summed E-state index contributed by atoms with van der Waals surface area (Å²) in [6.07, 6.45) is 0. The van der Waals surface area contributed by atoms with Crippen molar-refractivity contribution in [3.63, 3.8) is 0 Å². The first-order chi connectivity index (χ1) is 11.6. The van der Waals surface area contributed by atoms with E-state index in [9.17, 15) is 9.18 Å². The Morgan fingerprint density at radius 2 is 2.08 bits per heavy atom. The van der Waals surface area contributed by atoms with Gasteiger partial charge in [0.15, 0.2) is 0 Å². The van der Waals surface area contributed by atoms with Crippen LogP contribution >= 0.6 is 0 Å². The van der Waals surface area contributed by atoms with E-state index in [4.69, 9.17) is 4.52 Å². The summed E-state index contributed by atoms with van der Waals surface area (Å²) in [6, 6.07) is 4.44. The largest absolute Gasteiger partial charge is 0.350 e. The van der Waals surface area contributed by atoms with Crippen LogP contribution < -0.4 is 5.32 Å². The van der Waals surface area contributed by atoms with Gasteiger partial charge in [-0.05, 0) is 65.4 Å². The van der Waals surface area contributed by atoms with Gasteiger partial charge in [-0.2, -0.15) is 4.98 Å². The fourth-order valence-electron chi connectivity index (χ4n) is 2.32. The normalized spacial score (nSPS) is 13.1. The van der Waals surface area contributed by atoms with E-state index >= 15 is 0 Å². The Morgan fingerprint density at radius 1 is 1.40 bits per heavy atom. The SMILES string of the molecule is Cc1cc(-c2noc(C(C)N(C)CC(=O)NC(C)(C)C)n2)ccc1F. The molecule has 0 aliphatic heterocycles. The second-order valence-corrected chi connectivity index (χ2v) is 7.31. The Morgan fingerprint density at radius 3 is 2.68 bits per heavy atom. The van der Waals surface area contributed by atoms with Gasteiger partial charge >= 0.3 is 0 Å². The summed E-state index contributed by atoms with van der Waals surface area (Å²) >= 11 is 0. The monoisotopic (exact) mass is 348 g/mol. The number of nitrogens with one attached hydrogen (secondary N) is 1. The number of aromatic nitrogens is 2.